The van der Waals surface area contributed by atoms with Gasteiger partial charge in [-0.1, -0.05) is 0 Å². The fourth-order valence-electron chi connectivity index (χ4n) is 0.814. The Morgan fingerprint density at radius 1 is 1.31 bits per heavy atom. The molecule has 0 atom stereocenters. The molecule has 4 nitrogen and oxygen atoms in total. The molecule has 1 N–H and O–H groups in total. The predicted octanol–water partition coefficient (Wildman–Crippen LogP) is 0.919. The highest BCUT2D eigenvalue weighted by Crippen LogP contribution is 1.95. The molecule has 0 unspecified atom stereocenters. The number of unbranched alkanes of at least 4 members (excludes halogenated alkanes) is 2. The Kier molecular flexibility index (Phi) is 7.65. The minimum Gasteiger partial charge on any atom is -0.385 e. The summed E-state index contributed by atoms with van der Waals surface area (Å²) in [6.07, 6.45) is 2.73. The molecule has 6 heteroatoms. The molecule has 0 aliphatic carbocycles. The van der Waals surface area contributed by atoms with Gasteiger partial charge in [0.1, 0.15) is 5.21 Å². The summed E-state index contributed by atoms with van der Waals surface area (Å²) in [6.45, 7) is 1.18. The Labute approximate surface area is 84.7 Å². The SMILES string of the molecule is COCCCCCNS(=O)(=O)CCl. The van der Waals surface area contributed by atoms with E-state index >= 15 is 0 Å². The molecule has 0 saturated carbocycles. The van der Waals surface area contributed by atoms with Gasteiger partial charge in [0.2, 0.25) is 10.0 Å². The quantitative estimate of drug-likeness (QED) is 0.498. The van der Waals surface area contributed by atoms with Crippen LogP contribution in [-0.2, 0) is 14.8 Å². The lowest BCUT2D eigenvalue weighted by Gasteiger charge is -2.02. The summed E-state index contributed by atoms with van der Waals surface area (Å²) in [5.74, 6) is 0. The van der Waals surface area contributed by atoms with E-state index in [1.54, 1.807) is 7.11 Å². The van der Waals surface area contributed by atoms with E-state index in [9.17, 15) is 8.42 Å². The Hall–Kier alpha value is 0.160. The van der Waals surface area contributed by atoms with Gasteiger partial charge in [-0.25, -0.2) is 13.1 Å². The normalized spacial score (nSPS) is 11.8. The minimum atomic E-state index is -3.23. The second-order valence-electron chi connectivity index (χ2n) is 2.67. The molecule has 0 heterocycles. The molecule has 0 aliphatic rings. The number of sulfonamides is 1. The molecule has 13 heavy (non-hydrogen) atoms. The summed E-state index contributed by atoms with van der Waals surface area (Å²) < 4.78 is 28.9. The fraction of sp³-hybridized carbons (Fsp3) is 1.00. The lowest BCUT2D eigenvalue weighted by Crippen LogP contribution is -2.25. The standard InChI is InChI=1S/C7H16ClNO3S/c1-12-6-4-2-3-5-9-13(10,11)7-8/h9H,2-7H2,1H3. The molecule has 0 amide bonds. The summed E-state index contributed by atoms with van der Waals surface area (Å²) in [5, 5.41) is -0.370. The van der Waals surface area contributed by atoms with E-state index in [0.29, 0.717) is 6.54 Å². The summed E-state index contributed by atoms with van der Waals surface area (Å²) in [7, 11) is -1.58. The molecule has 0 aromatic heterocycles. The zero-order chi connectivity index (χ0) is 10.2. The molecule has 0 saturated heterocycles. The van der Waals surface area contributed by atoms with E-state index in [4.69, 9.17) is 16.3 Å². The topological polar surface area (TPSA) is 55.4 Å². The highest BCUT2D eigenvalue weighted by Gasteiger charge is 2.05. The lowest BCUT2D eigenvalue weighted by atomic mass is 10.2. The Balaban J connectivity index is 3.26. The third-order valence-corrected chi connectivity index (χ3v) is 3.28. The average Bonchev–Trinajstić information content (AvgIpc) is 2.11. The van der Waals surface area contributed by atoms with Crippen LogP contribution in [0.5, 0.6) is 0 Å². The number of hydrogen-bond acceptors (Lipinski definition) is 3. The highest BCUT2D eigenvalue weighted by molar-refractivity contribution is 7.90. The van der Waals surface area contributed by atoms with Crippen molar-refractivity contribution in [3.63, 3.8) is 0 Å². The van der Waals surface area contributed by atoms with E-state index in [0.717, 1.165) is 25.9 Å². The van der Waals surface area contributed by atoms with Crippen LogP contribution < -0.4 is 4.72 Å². The molecule has 0 fully saturated rings. The monoisotopic (exact) mass is 229 g/mol. The average molecular weight is 230 g/mol. The van der Waals surface area contributed by atoms with Gasteiger partial charge in [0.05, 0.1) is 0 Å². The lowest BCUT2D eigenvalue weighted by molar-refractivity contribution is 0.192. The van der Waals surface area contributed by atoms with E-state index < -0.39 is 10.0 Å². The van der Waals surface area contributed by atoms with Crippen molar-refractivity contribution in [1.29, 1.82) is 0 Å². The van der Waals surface area contributed by atoms with Crippen molar-refractivity contribution in [2.45, 2.75) is 19.3 Å². The van der Waals surface area contributed by atoms with Crippen LogP contribution in [0.3, 0.4) is 0 Å². The van der Waals surface area contributed by atoms with Gasteiger partial charge in [0.15, 0.2) is 0 Å². The van der Waals surface area contributed by atoms with Crippen molar-refractivity contribution in [3.05, 3.63) is 0 Å². The minimum absolute atomic E-state index is 0.370. The predicted molar refractivity (Wildman–Crippen MR) is 53.4 cm³/mol. The number of alkyl halides is 1. The van der Waals surface area contributed by atoms with Crippen LogP contribution in [0.25, 0.3) is 0 Å². The summed E-state index contributed by atoms with van der Waals surface area (Å²) >= 11 is 5.19. The van der Waals surface area contributed by atoms with Gasteiger partial charge >= 0.3 is 0 Å². The van der Waals surface area contributed by atoms with Gasteiger partial charge in [-0.05, 0) is 19.3 Å². The van der Waals surface area contributed by atoms with Gasteiger partial charge in [-0.2, -0.15) is 0 Å². The third-order valence-electron chi connectivity index (χ3n) is 1.49. The summed E-state index contributed by atoms with van der Waals surface area (Å²) in [6, 6.07) is 0. The van der Waals surface area contributed by atoms with Crippen LogP contribution in [0.4, 0.5) is 0 Å². The van der Waals surface area contributed by atoms with Crippen LogP contribution in [0.15, 0.2) is 0 Å². The van der Waals surface area contributed by atoms with Gasteiger partial charge in [0, 0.05) is 20.3 Å². The smallest absolute Gasteiger partial charge is 0.225 e. The van der Waals surface area contributed by atoms with Crippen molar-refractivity contribution in [2.75, 3.05) is 25.5 Å². The molecular weight excluding hydrogens is 214 g/mol. The Bertz CT molecular complexity index is 206. The second-order valence-corrected chi connectivity index (χ2v) is 5.06. The Morgan fingerprint density at radius 2 is 2.00 bits per heavy atom. The fourth-order valence-corrected chi connectivity index (χ4v) is 1.58. The van der Waals surface area contributed by atoms with Crippen molar-refractivity contribution in [3.8, 4) is 0 Å². The first kappa shape index (κ1) is 13.2. The van der Waals surface area contributed by atoms with Gasteiger partial charge in [-0.3, -0.25) is 0 Å². The van der Waals surface area contributed by atoms with E-state index in [1.165, 1.54) is 0 Å². The molecule has 80 valence electrons. The largest absolute Gasteiger partial charge is 0.385 e. The molecular formula is C7H16ClNO3S. The van der Waals surface area contributed by atoms with Gasteiger partial charge < -0.3 is 4.74 Å². The molecule has 0 rings (SSSR count). The van der Waals surface area contributed by atoms with E-state index in [2.05, 4.69) is 4.72 Å². The maximum atomic E-state index is 10.8. The van der Waals surface area contributed by atoms with Gasteiger partial charge in [0.25, 0.3) is 0 Å². The first-order valence-corrected chi connectivity index (χ1v) is 6.33. The number of rotatable bonds is 8. The molecule has 0 bridgehead atoms. The van der Waals surface area contributed by atoms with Crippen LogP contribution in [-0.4, -0.2) is 33.9 Å². The number of hydrogen-bond donors (Lipinski definition) is 1. The number of ether oxygens (including phenoxy) is 1. The third kappa shape index (κ3) is 8.49. The first-order valence-electron chi connectivity index (χ1n) is 4.14. The highest BCUT2D eigenvalue weighted by atomic mass is 35.5. The number of halogens is 1. The summed E-state index contributed by atoms with van der Waals surface area (Å²) in [5.41, 5.74) is 0. The molecule has 0 radical (unpaired) electrons. The van der Waals surface area contributed by atoms with Crippen LogP contribution in [0.1, 0.15) is 19.3 Å². The Morgan fingerprint density at radius 3 is 2.54 bits per heavy atom. The maximum absolute atomic E-state index is 10.8. The molecule has 0 spiro atoms. The van der Waals surface area contributed by atoms with Gasteiger partial charge in [-0.15, -0.1) is 11.6 Å². The molecule has 0 aromatic carbocycles. The van der Waals surface area contributed by atoms with Crippen molar-refractivity contribution < 1.29 is 13.2 Å². The van der Waals surface area contributed by atoms with Crippen molar-refractivity contribution >= 4 is 21.6 Å². The van der Waals surface area contributed by atoms with E-state index in [-0.39, 0.29) is 5.21 Å². The van der Waals surface area contributed by atoms with Crippen LogP contribution in [0.2, 0.25) is 0 Å². The van der Waals surface area contributed by atoms with E-state index in [1.807, 2.05) is 0 Å². The second kappa shape index (κ2) is 7.55. The van der Waals surface area contributed by atoms with Crippen molar-refractivity contribution in [2.24, 2.45) is 0 Å². The van der Waals surface area contributed by atoms with Crippen LogP contribution in [0, 0.1) is 0 Å². The molecule has 0 aliphatic heterocycles. The first-order chi connectivity index (χ1) is 6.12. The van der Waals surface area contributed by atoms with Crippen molar-refractivity contribution in [1.82, 2.24) is 4.72 Å². The maximum Gasteiger partial charge on any atom is 0.225 e. The molecule has 0 aromatic rings. The van der Waals surface area contributed by atoms with Crippen LogP contribution >= 0.6 is 11.6 Å². The zero-order valence-corrected chi connectivity index (χ0v) is 9.33. The number of methoxy groups -OCH3 is 1. The summed E-state index contributed by atoms with van der Waals surface area (Å²) in [4.78, 5) is 0. The zero-order valence-electron chi connectivity index (χ0n) is 7.75. The number of nitrogens with one attached hydrogen (secondary N) is 1.